The van der Waals surface area contributed by atoms with E-state index in [0.29, 0.717) is 5.92 Å². The number of piperidine rings is 1. The molecule has 1 rings (SSSR count). The van der Waals surface area contributed by atoms with Gasteiger partial charge in [-0.05, 0) is 46.0 Å². The van der Waals surface area contributed by atoms with Crippen molar-refractivity contribution in [1.29, 1.82) is 0 Å². The van der Waals surface area contributed by atoms with Gasteiger partial charge in [0.25, 0.3) is 0 Å². The maximum absolute atomic E-state index is 11.9. The number of hydrogen-bond acceptors (Lipinski definition) is 3. The van der Waals surface area contributed by atoms with Gasteiger partial charge in [0.15, 0.2) is 0 Å². The number of carbonyl (C=O) groups is 1. The van der Waals surface area contributed by atoms with Gasteiger partial charge in [-0.1, -0.05) is 6.92 Å². The van der Waals surface area contributed by atoms with Crippen LogP contribution in [0.1, 0.15) is 47.0 Å². The van der Waals surface area contributed by atoms with E-state index in [1.165, 1.54) is 0 Å². The molecule has 1 aliphatic rings. The molecule has 1 amide bonds. The predicted octanol–water partition coefficient (Wildman–Crippen LogP) is 2.37. The van der Waals surface area contributed by atoms with Crippen molar-refractivity contribution in [1.82, 2.24) is 4.90 Å². The van der Waals surface area contributed by atoms with Gasteiger partial charge in [0, 0.05) is 19.1 Å². The second kappa shape index (κ2) is 5.71. The highest BCUT2D eigenvalue weighted by molar-refractivity contribution is 5.68. The molecule has 0 aromatic heterocycles. The molecule has 2 N–H and O–H groups in total. The molecule has 0 aromatic carbocycles. The summed E-state index contributed by atoms with van der Waals surface area (Å²) in [5, 5.41) is 0. The fraction of sp³-hybridized carbons (Fsp3) is 0.923. The Kier molecular flexibility index (Phi) is 4.80. The molecule has 1 heterocycles. The first-order valence-corrected chi connectivity index (χ1v) is 6.57. The van der Waals surface area contributed by atoms with Crippen LogP contribution in [0.4, 0.5) is 4.79 Å². The van der Waals surface area contributed by atoms with Crippen molar-refractivity contribution in [3.8, 4) is 0 Å². The normalized spacial score (nSPS) is 23.4. The van der Waals surface area contributed by atoms with Crippen LogP contribution in [0.25, 0.3) is 0 Å². The summed E-state index contributed by atoms with van der Waals surface area (Å²) in [6.07, 6.45) is 2.91. The number of nitrogens with zero attached hydrogens (tertiary/aromatic N) is 1. The van der Waals surface area contributed by atoms with Crippen molar-refractivity contribution >= 4 is 6.09 Å². The molecule has 100 valence electrons. The number of nitrogens with two attached hydrogens (primary N) is 1. The molecule has 1 aliphatic heterocycles. The minimum Gasteiger partial charge on any atom is -0.444 e. The van der Waals surface area contributed by atoms with E-state index in [2.05, 4.69) is 6.92 Å². The fourth-order valence-electron chi connectivity index (χ4n) is 2.19. The first-order chi connectivity index (χ1) is 7.83. The molecule has 2 unspecified atom stereocenters. The van der Waals surface area contributed by atoms with Gasteiger partial charge in [-0.3, -0.25) is 0 Å². The SMILES string of the molecule is CCC(N)C1CCCN(C(=O)OC(C)(C)C)C1. The van der Waals surface area contributed by atoms with Crippen molar-refractivity contribution in [2.24, 2.45) is 11.7 Å². The zero-order valence-corrected chi connectivity index (χ0v) is 11.5. The predicted molar refractivity (Wildman–Crippen MR) is 68.8 cm³/mol. The molecule has 0 aliphatic carbocycles. The van der Waals surface area contributed by atoms with Gasteiger partial charge in [-0.2, -0.15) is 0 Å². The third-order valence-corrected chi connectivity index (χ3v) is 3.19. The van der Waals surface area contributed by atoms with Crippen molar-refractivity contribution in [2.75, 3.05) is 13.1 Å². The minimum atomic E-state index is -0.420. The Bertz CT molecular complexity index is 261. The second-order valence-corrected chi connectivity index (χ2v) is 5.90. The van der Waals surface area contributed by atoms with E-state index in [0.717, 1.165) is 32.4 Å². The number of hydrogen-bond donors (Lipinski definition) is 1. The zero-order chi connectivity index (χ0) is 13.1. The quantitative estimate of drug-likeness (QED) is 0.808. The molecule has 0 radical (unpaired) electrons. The Hall–Kier alpha value is -0.770. The van der Waals surface area contributed by atoms with Crippen LogP contribution >= 0.6 is 0 Å². The molecule has 0 bridgehead atoms. The monoisotopic (exact) mass is 242 g/mol. The molecule has 0 aromatic rings. The number of carbonyl (C=O) groups excluding carboxylic acids is 1. The van der Waals surface area contributed by atoms with Crippen LogP contribution in [0, 0.1) is 5.92 Å². The lowest BCUT2D eigenvalue weighted by Crippen LogP contribution is -2.47. The molecule has 1 fully saturated rings. The maximum Gasteiger partial charge on any atom is 0.410 e. The molecule has 4 heteroatoms. The Morgan fingerprint density at radius 3 is 2.71 bits per heavy atom. The highest BCUT2D eigenvalue weighted by atomic mass is 16.6. The molecular weight excluding hydrogens is 216 g/mol. The Labute approximate surface area is 104 Å². The highest BCUT2D eigenvalue weighted by Crippen LogP contribution is 2.22. The van der Waals surface area contributed by atoms with Crippen LogP contribution in [-0.4, -0.2) is 35.7 Å². The summed E-state index contributed by atoms with van der Waals surface area (Å²) in [6.45, 7) is 9.31. The van der Waals surface area contributed by atoms with E-state index >= 15 is 0 Å². The van der Waals surface area contributed by atoms with Gasteiger partial charge in [0.1, 0.15) is 5.60 Å². The van der Waals surface area contributed by atoms with E-state index in [9.17, 15) is 4.79 Å². The third-order valence-electron chi connectivity index (χ3n) is 3.19. The average Bonchev–Trinajstić information content (AvgIpc) is 2.26. The number of ether oxygens (including phenoxy) is 1. The average molecular weight is 242 g/mol. The number of rotatable bonds is 2. The van der Waals surface area contributed by atoms with Crippen LogP contribution in [0.5, 0.6) is 0 Å². The van der Waals surface area contributed by atoms with Crippen LogP contribution in [0.3, 0.4) is 0 Å². The Morgan fingerprint density at radius 1 is 1.53 bits per heavy atom. The molecule has 2 atom stereocenters. The minimum absolute atomic E-state index is 0.195. The topological polar surface area (TPSA) is 55.6 Å². The van der Waals surface area contributed by atoms with Crippen molar-refractivity contribution in [2.45, 2.75) is 58.6 Å². The van der Waals surface area contributed by atoms with Crippen molar-refractivity contribution in [3.05, 3.63) is 0 Å². The third kappa shape index (κ3) is 4.54. The fourth-order valence-corrected chi connectivity index (χ4v) is 2.19. The lowest BCUT2D eigenvalue weighted by atomic mass is 9.90. The zero-order valence-electron chi connectivity index (χ0n) is 11.5. The first kappa shape index (κ1) is 14.3. The van der Waals surface area contributed by atoms with Gasteiger partial charge in [0.05, 0.1) is 0 Å². The van der Waals surface area contributed by atoms with Crippen molar-refractivity contribution in [3.63, 3.8) is 0 Å². The highest BCUT2D eigenvalue weighted by Gasteiger charge is 2.29. The smallest absolute Gasteiger partial charge is 0.410 e. The molecular formula is C13H26N2O2. The summed E-state index contributed by atoms with van der Waals surface area (Å²) in [5.41, 5.74) is 5.64. The van der Waals surface area contributed by atoms with E-state index in [1.807, 2.05) is 20.8 Å². The lowest BCUT2D eigenvalue weighted by Gasteiger charge is -2.36. The molecule has 4 nitrogen and oxygen atoms in total. The van der Waals surface area contributed by atoms with Crippen LogP contribution in [-0.2, 0) is 4.74 Å². The summed E-state index contributed by atoms with van der Waals surface area (Å²) in [6, 6.07) is 0.195. The second-order valence-electron chi connectivity index (χ2n) is 5.90. The number of likely N-dealkylation sites (tertiary alicyclic amines) is 1. The molecule has 17 heavy (non-hydrogen) atoms. The van der Waals surface area contributed by atoms with E-state index in [1.54, 1.807) is 4.90 Å². The largest absolute Gasteiger partial charge is 0.444 e. The molecule has 0 spiro atoms. The van der Waals surface area contributed by atoms with E-state index in [4.69, 9.17) is 10.5 Å². The van der Waals surface area contributed by atoms with Gasteiger partial charge < -0.3 is 15.4 Å². The summed E-state index contributed by atoms with van der Waals surface area (Å²) in [7, 11) is 0. The van der Waals surface area contributed by atoms with Crippen molar-refractivity contribution < 1.29 is 9.53 Å². The molecule has 0 saturated carbocycles. The van der Waals surface area contributed by atoms with Crippen LogP contribution < -0.4 is 5.73 Å². The summed E-state index contributed by atoms with van der Waals surface area (Å²) in [5.74, 6) is 0.418. The first-order valence-electron chi connectivity index (χ1n) is 6.57. The van der Waals surface area contributed by atoms with Gasteiger partial charge >= 0.3 is 6.09 Å². The van der Waals surface area contributed by atoms with Gasteiger partial charge in [-0.25, -0.2) is 4.79 Å². The van der Waals surface area contributed by atoms with Crippen LogP contribution in [0.2, 0.25) is 0 Å². The number of amides is 1. The van der Waals surface area contributed by atoms with Gasteiger partial charge in [0.2, 0.25) is 0 Å². The maximum atomic E-state index is 11.9. The summed E-state index contributed by atoms with van der Waals surface area (Å²) in [4.78, 5) is 13.7. The van der Waals surface area contributed by atoms with E-state index < -0.39 is 5.60 Å². The Morgan fingerprint density at radius 2 is 2.18 bits per heavy atom. The lowest BCUT2D eigenvalue weighted by molar-refractivity contribution is 0.0152. The van der Waals surface area contributed by atoms with E-state index in [-0.39, 0.29) is 12.1 Å². The Balaban J connectivity index is 2.52. The summed E-state index contributed by atoms with van der Waals surface area (Å²) < 4.78 is 5.39. The van der Waals surface area contributed by atoms with Crippen LogP contribution in [0.15, 0.2) is 0 Å². The van der Waals surface area contributed by atoms with Gasteiger partial charge in [-0.15, -0.1) is 0 Å². The molecule has 1 saturated heterocycles. The summed E-state index contributed by atoms with van der Waals surface area (Å²) >= 11 is 0. The standard InChI is InChI=1S/C13H26N2O2/c1-5-11(14)10-7-6-8-15(9-10)12(16)17-13(2,3)4/h10-11H,5-9,14H2,1-4H3.